The molecule has 1 unspecified atom stereocenters. The van der Waals surface area contributed by atoms with Gasteiger partial charge in [-0.05, 0) is 43.2 Å². The average molecular weight is 511 g/mol. The maximum Gasteiger partial charge on any atom is 0.416 e. The largest absolute Gasteiger partial charge is 0.496 e. The van der Waals surface area contributed by atoms with Crippen LogP contribution in [0.5, 0.6) is 5.75 Å². The van der Waals surface area contributed by atoms with Gasteiger partial charge in [0.15, 0.2) is 0 Å². The molecular weight excluding hydrogens is 481 g/mol. The normalized spacial score (nSPS) is 19.2. The Morgan fingerprint density at radius 1 is 1.18 bits per heavy atom. The third-order valence-electron chi connectivity index (χ3n) is 6.87. The Kier molecular flexibility index (Phi) is 7.74. The number of thioether (sulfide) groups is 2. The zero-order valence-electron chi connectivity index (χ0n) is 19.3. The van der Waals surface area contributed by atoms with Crippen LogP contribution in [0.1, 0.15) is 46.8 Å². The molecule has 184 valence electrons. The third kappa shape index (κ3) is 4.93. The number of carbonyl (C=O) groups excluding carboxylic acids is 1. The van der Waals surface area contributed by atoms with Crippen LogP contribution in [-0.2, 0) is 6.18 Å². The van der Waals surface area contributed by atoms with Crippen molar-refractivity contribution < 1.29 is 22.7 Å². The molecule has 2 aromatic rings. The van der Waals surface area contributed by atoms with E-state index >= 15 is 0 Å². The van der Waals surface area contributed by atoms with Gasteiger partial charge in [-0.25, -0.2) is 0 Å². The molecule has 0 spiro atoms. The highest BCUT2D eigenvalue weighted by atomic mass is 32.2. The summed E-state index contributed by atoms with van der Waals surface area (Å²) in [6.45, 7) is 1.92. The second-order valence-electron chi connectivity index (χ2n) is 8.63. The summed E-state index contributed by atoms with van der Waals surface area (Å²) in [6, 6.07) is 11.6. The summed E-state index contributed by atoms with van der Waals surface area (Å²) in [5, 5.41) is 3.24. The van der Waals surface area contributed by atoms with Crippen LogP contribution in [0.2, 0.25) is 0 Å². The summed E-state index contributed by atoms with van der Waals surface area (Å²) >= 11 is 3.05. The number of rotatable bonds is 7. The molecule has 1 N–H and O–H groups in total. The summed E-state index contributed by atoms with van der Waals surface area (Å²) < 4.78 is 45.6. The van der Waals surface area contributed by atoms with Crippen molar-refractivity contribution in [2.24, 2.45) is 0 Å². The number of hydrogen-bond donors (Lipinski definition) is 1. The standard InChI is InChI=1S/C25H29F3N2O2S2/c1-32-19-15-18(25(26,27)28)16-20(33-2)21(19)23(31)29-22(17-7-4-3-5-8-17)24(9-6-10-24)30-11-13-34-14-12-30/h3-5,7-8,15-16,22H,6,9-14H2,1-2H3,(H,29,31). The van der Waals surface area contributed by atoms with Crippen molar-refractivity contribution >= 4 is 29.4 Å². The van der Waals surface area contributed by atoms with E-state index < -0.39 is 17.6 Å². The highest BCUT2D eigenvalue weighted by Crippen LogP contribution is 2.48. The summed E-state index contributed by atoms with van der Waals surface area (Å²) in [6.07, 6.45) is 0.164. The molecule has 1 aliphatic heterocycles. The van der Waals surface area contributed by atoms with Crippen molar-refractivity contribution in [3.63, 3.8) is 0 Å². The van der Waals surface area contributed by atoms with Crippen molar-refractivity contribution in [3.8, 4) is 5.75 Å². The van der Waals surface area contributed by atoms with Gasteiger partial charge in [-0.15, -0.1) is 11.8 Å². The third-order valence-corrected chi connectivity index (χ3v) is 8.57. The van der Waals surface area contributed by atoms with Crippen molar-refractivity contribution in [1.82, 2.24) is 10.2 Å². The highest BCUT2D eigenvalue weighted by Gasteiger charge is 2.50. The van der Waals surface area contributed by atoms with Crippen molar-refractivity contribution in [2.75, 3.05) is 38.0 Å². The fourth-order valence-electron chi connectivity index (χ4n) is 5.01. The zero-order valence-corrected chi connectivity index (χ0v) is 20.9. The van der Waals surface area contributed by atoms with E-state index in [9.17, 15) is 18.0 Å². The van der Waals surface area contributed by atoms with E-state index in [-0.39, 0.29) is 27.8 Å². The Morgan fingerprint density at radius 3 is 2.38 bits per heavy atom. The number of carbonyl (C=O) groups is 1. The van der Waals surface area contributed by atoms with E-state index in [0.717, 1.165) is 73.3 Å². The van der Waals surface area contributed by atoms with Crippen molar-refractivity contribution in [2.45, 2.75) is 41.9 Å². The van der Waals surface area contributed by atoms with E-state index in [1.807, 2.05) is 42.1 Å². The van der Waals surface area contributed by atoms with Gasteiger partial charge in [-0.2, -0.15) is 24.9 Å². The molecule has 9 heteroatoms. The smallest absolute Gasteiger partial charge is 0.416 e. The lowest BCUT2D eigenvalue weighted by Crippen LogP contribution is -2.63. The molecule has 0 bridgehead atoms. The minimum Gasteiger partial charge on any atom is -0.496 e. The van der Waals surface area contributed by atoms with E-state index in [1.165, 1.54) is 7.11 Å². The number of amides is 1. The lowest BCUT2D eigenvalue weighted by molar-refractivity contribution is -0.137. The fourth-order valence-corrected chi connectivity index (χ4v) is 6.56. The Labute approximate surface area is 207 Å². The molecule has 1 atom stereocenters. The molecule has 1 saturated carbocycles. The Balaban J connectivity index is 1.74. The van der Waals surface area contributed by atoms with Gasteiger partial charge in [0.1, 0.15) is 5.75 Å². The first-order valence-corrected chi connectivity index (χ1v) is 13.7. The SMILES string of the molecule is COc1cc(C(F)(F)F)cc(SC)c1C(=O)NC(c1ccccc1)C1(N2CCSCC2)CCC1. The minimum atomic E-state index is -4.53. The van der Waals surface area contributed by atoms with Crippen LogP contribution < -0.4 is 10.1 Å². The highest BCUT2D eigenvalue weighted by molar-refractivity contribution is 7.99. The molecule has 1 amide bonds. The molecule has 2 aromatic carbocycles. The fraction of sp³-hybridized carbons (Fsp3) is 0.480. The first-order chi connectivity index (χ1) is 16.3. The minimum absolute atomic E-state index is 0.0690. The van der Waals surface area contributed by atoms with Gasteiger partial charge in [-0.1, -0.05) is 30.3 Å². The maximum absolute atomic E-state index is 13.7. The molecule has 0 aromatic heterocycles. The molecule has 4 rings (SSSR count). The summed E-state index contributed by atoms with van der Waals surface area (Å²) in [5.41, 5.74) is 0.125. The van der Waals surface area contributed by atoms with Crippen molar-refractivity contribution in [3.05, 3.63) is 59.2 Å². The summed E-state index contributed by atoms with van der Waals surface area (Å²) in [7, 11) is 1.30. The number of nitrogens with one attached hydrogen (secondary N) is 1. The lowest BCUT2D eigenvalue weighted by atomic mass is 9.68. The molecule has 4 nitrogen and oxygen atoms in total. The van der Waals surface area contributed by atoms with Gasteiger partial charge in [0.2, 0.25) is 0 Å². The maximum atomic E-state index is 13.7. The molecular formula is C25H29F3N2O2S2. The second kappa shape index (κ2) is 10.4. The van der Waals surface area contributed by atoms with Gasteiger partial charge in [-0.3, -0.25) is 9.69 Å². The van der Waals surface area contributed by atoms with Gasteiger partial charge < -0.3 is 10.1 Å². The first kappa shape index (κ1) is 25.3. The number of hydrogen-bond acceptors (Lipinski definition) is 5. The predicted octanol–water partition coefficient (Wildman–Crippen LogP) is 5.88. The van der Waals surface area contributed by atoms with E-state index in [4.69, 9.17) is 4.74 Å². The molecule has 2 aliphatic rings. The van der Waals surface area contributed by atoms with Gasteiger partial charge in [0.05, 0.1) is 24.3 Å². The number of methoxy groups -OCH3 is 1. The van der Waals surface area contributed by atoms with E-state index in [0.29, 0.717) is 0 Å². The summed E-state index contributed by atoms with van der Waals surface area (Å²) in [5.74, 6) is 1.63. The van der Waals surface area contributed by atoms with Crippen LogP contribution >= 0.6 is 23.5 Å². The quantitative estimate of drug-likeness (QED) is 0.472. The van der Waals surface area contributed by atoms with Crippen LogP contribution in [0.3, 0.4) is 0 Å². The molecule has 1 saturated heterocycles. The van der Waals surface area contributed by atoms with E-state index in [1.54, 1.807) is 6.26 Å². The predicted molar refractivity (Wildman–Crippen MR) is 132 cm³/mol. The monoisotopic (exact) mass is 510 g/mol. The molecule has 1 heterocycles. The van der Waals surface area contributed by atoms with Gasteiger partial charge in [0.25, 0.3) is 5.91 Å². The molecule has 1 aliphatic carbocycles. The Bertz CT molecular complexity index is 982. The first-order valence-electron chi connectivity index (χ1n) is 11.3. The van der Waals surface area contributed by atoms with E-state index in [2.05, 4.69) is 10.2 Å². The van der Waals surface area contributed by atoms with Crippen LogP contribution in [0.15, 0.2) is 47.4 Å². The number of nitrogens with zero attached hydrogens (tertiary/aromatic N) is 1. The molecule has 34 heavy (non-hydrogen) atoms. The average Bonchev–Trinajstić information content (AvgIpc) is 2.82. The molecule has 0 radical (unpaired) electrons. The van der Waals surface area contributed by atoms with Gasteiger partial charge in [0, 0.05) is 35.0 Å². The van der Waals surface area contributed by atoms with Crippen molar-refractivity contribution in [1.29, 1.82) is 0 Å². The lowest BCUT2D eigenvalue weighted by Gasteiger charge is -2.56. The zero-order chi connectivity index (χ0) is 24.3. The van der Waals surface area contributed by atoms with Crippen LogP contribution in [-0.4, -0.2) is 54.3 Å². The number of halogens is 3. The van der Waals surface area contributed by atoms with Gasteiger partial charge >= 0.3 is 6.18 Å². The summed E-state index contributed by atoms with van der Waals surface area (Å²) in [4.78, 5) is 16.5. The topological polar surface area (TPSA) is 41.6 Å². The van der Waals surface area contributed by atoms with Crippen LogP contribution in [0, 0.1) is 0 Å². The Hall–Kier alpha value is -1.84. The molecule has 2 fully saturated rings. The number of alkyl halides is 3. The van der Waals surface area contributed by atoms with Crippen LogP contribution in [0.4, 0.5) is 13.2 Å². The number of ether oxygens (including phenoxy) is 1. The second-order valence-corrected chi connectivity index (χ2v) is 10.7. The number of benzene rings is 2. The van der Waals surface area contributed by atoms with Crippen LogP contribution in [0.25, 0.3) is 0 Å². The Morgan fingerprint density at radius 2 is 1.85 bits per heavy atom.